The van der Waals surface area contributed by atoms with Gasteiger partial charge in [0.25, 0.3) is 0 Å². The third-order valence-electron chi connectivity index (χ3n) is 2.61. The highest BCUT2D eigenvalue weighted by atomic mass is 16.6. The van der Waals surface area contributed by atoms with Crippen molar-refractivity contribution in [3.8, 4) is 0 Å². The molecule has 0 fully saturated rings. The van der Waals surface area contributed by atoms with Crippen molar-refractivity contribution in [2.75, 3.05) is 19.8 Å². The van der Waals surface area contributed by atoms with Gasteiger partial charge >= 0.3 is 0 Å². The number of ether oxygens (including phenoxy) is 3. The van der Waals surface area contributed by atoms with Crippen LogP contribution in [0.5, 0.6) is 0 Å². The minimum absolute atomic E-state index is 0.00835. The van der Waals surface area contributed by atoms with Crippen molar-refractivity contribution in [2.24, 2.45) is 0 Å². The summed E-state index contributed by atoms with van der Waals surface area (Å²) < 4.78 is 16.2. The maximum atomic E-state index is 12.1. The first-order valence-electron chi connectivity index (χ1n) is 6.22. The van der Waals surface area contributed by atoms with Crippen molar-refractivity contribution in [3.05, 3.63) is 11.5 Å². The molecular weight excluding hydrogens is 236 g/mol. The lowest BCUT2D eigenvalue weighted by Crippen LogP contribution is -2.55. The number of carbonyl (C=O) groups is 2. The molecule has 102 valence electrons. The summed E-state index contributed by atoms with van der Waals surface area (Å²) in [4.78, 5) is 23.5. The predicted molar refractivity (Wildman–Crippen MR) is 64.9 cm³/mol. The minimum Gasteiger partial charge on any atom is -0.491 e. The maximum Gasteiger partial charge on any atom is 0.241 e. The van der Waals surface area contributed by atoms with Gasteiger partial charge in [0.2, 0.25) is 17.1 Å². The van der Waals surface area contributed by atoms with Gasteiger partial charge in [-0.2, -0.15) is 0 Å². The van der Waals surface area contributed by atoms with Crippen LogP contribution in [0.25, 0.3) is 0 Å². The summed E-state index contributed by atoms with van der Waals surface area (Å²) in [5, 5.41) is 0. The van der Waals surface area contributed by atoms with Gasteiger partial charge in [-0.15, -0.1) is 0 Å². The Morgan fingerprint density at radius 3 is 2.17 bits per heavy atom. The number of hydrogen-bond acceptors (Lipinski definition) is 5. The number of hydrogen-bond donors (Lipinski definition) is 0. The highest BCUT2D eigenvalue weighted by Crippen LogP contribution is 2.42. The summed E-state index contributed by atoms with van der Waals surface area (Å²) in [7, 11) is 0. The number of ketones is 2. The van der Waals surface area contributed by atoms with E-state index in [-0.39, 0.29) is 23.7 Å². The molecule has 5 heteroatoms. The zero-order chi connectivity index (χ0) is 13.8. The van der Waals surface area contributed by atoms with E-state index in [4.69, 9.17) is 14.2 Å². The highest BCUT2D eigenvalue weighted by molar-refractivity contribution is 6.12. The van der Waals surface area contributed by atoms with Crippen LogP contribution in [0.2, 0.25) is 0 Å². The van der Waals surface area contributed by atoms with E-state index in [2.05, 4.69) is 0 Å². The SMILES string of the molecule is CCOC1=C(OCC)C(CC(C)=O)(OCC)C1=O. The van der Waals surface area contributed by atoms with Crippen molar-refractivity contribution in [2.45, 2.75) is 39.7 Å². The Hall–Kier alpha value is -1.36. The molecule has 0 spiro atoms. The van der Waals surface area contributed by atoms with E-state index in [0.717, 1.165) is 0 Å². The van der Waals surface area contributed by atoms with E-state index in [9.17, 15) is 9.59 Å². The van der Waals surface area contributed by atoms with Crippen LogP contribution in [-0.2, 0) is 23.8 Å². The van der Waals surface area contributed by atoms with Crippen LogP contribution in [0.1, 0.15) is 34.1 Å². The molecule has 1 unspecified atom stereocenters. The Bertz CT molecular complexity index is 372. The van der Waals surface area contributed by atoms with Gasteiger partial charge < -0.3 is 14.2 Å². The standard InChI is InChI=1S/C13H20O5/c1-5-16-10-11(15)13(18-7-3,8-9(4)14)12(10)17-6-2/h5-8H2,1-4H3. The van der Waals surface area contributed by atoms with Crippen LogP contribution in [0, 0.1) is 0 Å². The molecule has 1 aliphatic carbocycles. The summed E-state index contributed by atoms with van der Waals surface area (Å²) in [5.41, 5.74) is -1.26. The van der Waals surface area contributed by atoms with Crippen LogP contribution < -0.4 is 0 Å². The molecule has 0 radical (unpaired) electrons. The van der Waals surface area contributed by atoms with Gasteiger partial charge in [0, 0.05) is 6.61 Å². The van der Waals surface area contributed by atoms with Gasteiger partial charge in [-0.05, 0) is 27.7 Å². The molecule has 1 atom stereocenters. The van der Waals surface area contributed by atoms with Gasteiger partial charge in [0.05, 0.1) is 19.6 Å². The molecule has 0 aromatic carbocycles. The van der Waals surface area contributed by atoms with Crippen molar-refractivity contribution < 1.29 is 23.8 Å². The van der Waals surface area contributed by atoms with Gasteiger partial charge in [0.1, 0.15) is 5.78 Å². The molecule has 0 N–H and O–H groups in total. The molecule has 0 heterocycles. The van der Waals surface area contributed by atoms with Gasteiger partial charge in [0.15, 0.2) is 5.76 Å². The summed E-state index contributed by atoms with van der Waals surface area (Å²) >= 11 is 0. The monoisotopic (exact) mass is 256 g/mol. The predicted octanol–water partition coefficient (Wildman–Crippen LogP) is 1.61. The van der Waals surface area contributed by atoms with Crippen LogP contribution in [-0.4, -0.2) is 37.0 Å². The lowest BCUT2D eigenvalue weighted by atomic mass is 9.78. The topological polar surface area (TPSA) is 61.8 Å². The van der Waals surface area contributed by atoms with Crippen molar-refractivity contribution in [1.29, 1.82) is 0 Å². The smallest absolute Gasteiger partial charge is 0.241 e. The molecule has 0 aromatic heterocycles. The van der Waals surface area contributed by atoms with Crippen LogP contribution >= 0.6 is 0 Å². The number of Topliss-reactive ketones (excluding diaryl/α,β-unsaturated/α-hetero) is 2. The molecular formula is C13H20O5. The third-order valence-corrected chi connectivity index (χ3v) is 2.61. The number of carbonyl (C=O) groups excluding carboxylic acids is 2. The van der Waals surface area contributed by atoms with E-state index in [1.54, 1.807) is 13.8 Å². The van der Waals surface area contributed by atoms with E-state index < -0.39 is 5.60 Å². The van der Waals surface area contributed by atoms with Crippen molar-refractivity contribution >= 4 is 11.6 Å². The molecule has 0 saturated carbocycles. The largest absolute Gasteiger partial charge is 0.491 e. The third kappa shape index (κ3) is 2.41. The van der Waals surface area contributed by atoms with Gasteiger partial charge in [-0.25, -0.2) is 0 Å². The zero-order valence-electron chi connectivity index (χ0n) is 11.4. The first-order chi connectivity index (χ1) is 8.53. The van der Waals surface area contributed by atoms with Gasteiger partial charge in [-0.1, -0.05) is 0 Å². The molecule has 5 nitrogen and oxygen atoms in total. The normalized spacial score (nSPS) is 22.8. The Balaban J connectivity index is 3.09. The van der Waals surface area contributed by atoms with Crippen LogP contribution in [0.15, 0.2) is 11.5 Å². The Kier molecular flexibility index (Phi) is 4.90. The fourth-order valence-electron chi connectivity index (χ4n) is 2.05. The Labute approximate surface area is 107 Å². The van der Waals surface area contributed by atoms with E-state index in [1.165, 1.54) is 6.92 Å². The summed E-state index contributed by atoms with van der Waals surface area (Å²) in [6, 6.07) is 0. The van der Waals surface area contributed by atoms with E-state index in [0.29, 0.717) is 25.6 Å². The van der Waals surface area contributed by atoms with Crippen LogP contribution in [0.4, 0.5) is 0 Å². The van der Waals surface area contributed by atoms with Gasteiger partial charge in [-0.3, -0.25) is 9.59 Å². The minimum atomic E-state index is -1.26. The van der Waals surface area contributed by atoms with E-state index in [1.807, 2.05) is 6.92 Å². The molecule has 0 aromatic rings. The molecule has 0 amide bonds. The molecule has 0 saturated heterocycles. The number of rotatable bonds is 8. The van der Waals surface area contributed by atoms with Crippen LogP contribution in [0.3, 0.4) is 0 Å². The summed E-state index contributed by atoms with van der Waals surface area (Å²) in [5.74, 6) is 0.123. The molecule has 1 aliphatic rings. The lowest BCUT2D eigenvalue weighted by Gasteiger charge is -2.40. The summed E-state index contributed by atoms with van der Waals surface area (Å²) in [6.45, 7) is 7.90. The summed E-state index contributed by atoms with van der Waals surface area (Å²) in [6.07, 6.45) is -0.00835. The fourth-order valence-corrected chi connectivity index (χ4v) is 2.05. The Morgan fingerprint density at radius 2 is 1.72 bits per heavy atom. The second kappa shape index (κ2) is 6.00. The average molecular weight is 256 g/mol. The highest BCUT2D eigenvalue weighted by Gasteiger charge is 2.59. The van der Waals surface area contributed by atoms with Crippen molar-refractivity contribution in [1.82, 2.24) is 0 Å². The maximum absolute atomic E-state index is 12.1. The first-order valence-corrected chi connectivity index (χ1v) is 6.22. The lowest BCUT2D eigenvalue weighted by molar-refractivity contribution is -0.159. The Morgan fingerprint density at radius 1 is 1.11 bits per heavy atom. The van der Waals surface area contributed by atoms with E-state index >= 15 is 0 Å². The molecule has 1 rings (SSSR count). The molecule has 0 aliphatic heterocycles. The molecule has 18 heavy (non-hydrogen) atoms. The zero-order valence-corrected chi connectivity index (χ0v) is 11.4. The second-order valence-corrected chi connectivity index (χ2v) is 3.99. The fraction of sp³-hybridized carbons (Fsp3) is 0.692. The van der Waals surface area contributed by atoms with Crippen molar-refractivity contribution in [3.63, 3.8) is 0 Å². The average Bonchev–Trinajstić information content (AvgIpc) is 2.32. The molecule has 0 bridgehead atoms. The second-order valence-electron chi connectivity index (χ2n) is 3.99. The quantitative estimate of drug-likeness (QED) is 0.660. The first kappa shape index (κ1) is 14.7.